The van der Waals surface area contributed by atoms with Gasteiger partial charge in [-0.3, -0.25) is 4.98 Å². The van der Waals surface area contributed by atoms with Crippen molar-refractivity contribution in [3.05, 3.63) is 89.9 Å². The summed E-state index contributed by atoms with van der Waals surface area (Å²) in [4.78, 5) is 23.0. The third-order valence-corrected chi connectivity index (χ3v) is 7.10. The van der Waals surface area contributed by atoms with Crippen LogP contribution in [-0.4, -0.2) is 65.1 Å². The molecule has 0 aliphatic carbocycles. The SMILES string of the molecule is COc1ccc(CN(C)c2cc(Nc3cccc(-c4ccc(C5OCCO5)cn4)c3OC)nn3c(C(=O)O)cnc23)cc1. The first kappa shape index (κ1) is 27.9. The number of methoxy groups -OCH3 is 2. The summed E-state index contributed by atoms with van der Waals surface area (Å²) >= 11 is 0. The van der Waals surface area contributed by atoms with Crippen LogP contribution in [0.1, 0.15) is 27.9 Å². The molecule has 0 atom stereocenters. The number of nitrogens with zero attached hydrogens (tertiary/aromatic N) is 5. The van der Waals surface area contributed by atoms with Crippen LogP contribution < -0.4 is 19.7 Å². The molecule has 1 aliphatic rings. The van der Waals surface area contributed by atoms with Crippen LogP contribution in [0, 0.1) is 0 Å². The number of benzene rings is 2. The van der Waals surface area contributed by atoms with Gasteiger partial charge in [-0.25, -0.2) is 14.3 Å². The number of fused-ring (bicyclic) bond motifs is 1. The highest BCUT2D eigenvalue weighted by Crippen LogP contribution is 2.38. The number of aromatic nitrogens is 4. The van der Waals surface area contributed by atoms with Crippen molar-refractivity contribution in [1.82, 2.24) is 19.6 Å². The first-order valence-corrected chi connectivity index (χ1v) is 13.5. The molecule has 1 saturated heterocycles. The Hall–Kier alpha value is -5.20. The summed E-state index contributed by atoms with van der Waals surface area (Å²) < 4.78 is 23.6. The second-order valence-electron chi connectivity index (χ2n) is 9.86. The van der Waals surface area contributed by atoms with Crippen LogP contribution in [0.2, 0.25) is 0 Å². The summed E-state index contributed by atoms with van der Waals surface area (Å²) in [5.41, 5.74) is 5.01. The van der Waals surface area contributed by atoms with Crippen LogP contribution in [0.4, 0.5) is 17.2 Å². The van der Waals surface area contributed by atoms with E-state index in [2.05, 4.69) is 20.4 Å². The number of carboxylic acid groups (broad SMARTS) is 1. The highest BCUT2D eigenvalue weighted by Gasteiger charge is 2.21. The van der Waals surface area contributed by atoms with Gasteiger partial charge in [-0.1, -0.05) is 24.3 Å². The summed E-state index contributed by atoms with van der Waals surface area (Å²) in [6.07, 6.45) is 2.63. The number of ether oxygens (including phenoxy) is 4. The molecule has 1 fully saturated rings. The fourth-order valence-corrected chi connectivity index (χ4v) is 4.98. The van der Waals surface area contributed by atoms with E-state index in [4.69, 9.17) is 18.9 Å². The molecule has 43 heavy (non-hydrogen) atoms. The van der Waals surface area contributed by atoms with Crippen molar-refractivity contribution in [3.8, 4) is 22.8 Å². The van der Waals surface area contributed by atoms with Gasteiger partial charge in [0.05, 0.1) is 50.7 Å². The second kappa shape index (κ2) is 12.0. The molecule has 0 unspecified atom stereocenters. The molecular weight excluding hydrogens is 552 g/mol. The van der Waals surface area contributed by atoms with E-state index in [1.807, 2.05) is 72.6 Å². The van der Waals surface area contributed by atoms with E-state index in [1.54, 1.807) is 20.4 Å². The molecule has 0 spiro atoms. The van der Waals surface area contributed by atoms with E-state index < -0.39 is 12.3 Å². The first-order valence-electron chi connectivity index (χ1n) is 13.5. The molecule has 0 bridgehead atoms. The van der Waals surface area contributed by atoms with Gasteiger partial charge in [-0.2, -0.15) is 0 Å². The zero-order chi connectivity index (χ0) is 29.9. The van der Waals surface area contributed by atoms with Crippen LogP contribution in [-0.2, 0) is 16.0 Å². The van der Waals surface area contributed by atoms with Crippen LogP contribution in [0.25, 0.3) is 16.9 Å². The number of carbonyl (C=O) groups is 1. The predicted molar refractivity (Wildman–Crippen MR) is 159 cm³/mol. The third kappa shape index (κ3) is 5.65. The number of para-hydroxylation sites is 1. The van der Waals surface area contributed by atoms with Crippen molar-refractivity contribution in [2.24, 2.45) is 0 Å². The zero-order valence-corrected chi connectivity index (χ0v) is 23.9. The Kier molecular flexibility index (Phi) is 7.77. The zero-order valence-electron chi connectivity index (χ0n) is 23.9. The molecule has 1 aliphatic heterocycles. The largest absolute Gasteiger partial charge is 0.497 e. The molecule has 6 rings (SSSR count). The minimum Gasteiger partial charge on any atom is -0.497 e. The number of rotatable bonds is 10. The van der Waals surface area contributed by atoms with Gasteiger partial charge in [0.15, 0.2) is 29.2 Å². The third-order valence-electron chi connectivity index (χ3n) is 7.10. The maximum Gasteiger partial charge on any atom is 0.356 e. The molecule has 220 valence electrons. The monoisotopic (exact) mass is 582 g/mol. The van der Waals surface area contributed by atoms with Crippen molar-refractivity contribution in [1.29, 1.82) is 0 Å². The van der Waals surface area contributed by atoms with E-state index in [-0.39, 0.29) is 5.69 Å². The van der Waals surface area contributed by atoms with Crippen molar-refractivity contribution in [2.45, 2.75) is 12.8 Å². The quantitative estimate of drug-likeness (QED) is 0.232. The maximum absolute atomic E-state index is 12.0. The summed E-state index contributed by atoms with van der Waals surface area (Å²) in [6, 6.07) is 19.0. The Morgan fingerprint density at radius 2 is 1.84 bits per heavy atom. The number of pyridine rings is 1. The van der Waals surface area contributed by atoms with Crippen molar-refractivity contribution < 1.29 is 28.8 Å². The predicted octanol–water partition coefficient (Wildman–Crippen LogP) is 4.93. The van der Waals surface area contributed by atoms with Gasteiger partial charge in [0.1, 0.15) is 5.75 Å². The lowest BCUT2D eigenvalue weighted by Gasteiger charge is -2.21. The molecule has 3 aromatic heterocycles. The molecule has 0 radical (unpaired) electrons. The fourth-order valence-electron chi connectivity index (χ4n) is 4.98. The summed E-state index contributed by atoms with van der Waals surface area (Å²) in [6.45, 7) is 1.65. The van der Waals surface area contributed by atoms with Crippen molar-refractivity contribution >= 4 is 28.8 Å². The van der Waals surface area contributed by atoms with Gasteiger partial charge in [0.25, 0.3) is 0 Å². The minimum atomic E-state index is -1.14. The lowest BCUT2D eigenvalue weighted by Crippen LogP contribution is -2.19. The number of imidazole rings is 1. The van der Waals surface area contributed by atoms with Crippen LogP contribution in [0.3, 0.4) is 0 Å². The van der Waals surface area contributed by atoms with E-state index in [1.165, 1.54) is 10.7 Å². The van der Waals surface area contributed by atoms with Crippen LogP contribution in [0.5, 0.6) is 11.5 Å². The maximum atomic E-state index is 12.0. The molecule has 0 saturated carbocycles. The molecule has 12 nitrogen and oxygen atoms in total. The lowest BCUT2D eigenvalue weighted by atomic mass is 10.1. The molecule has 4 heterocycles. The van der Waals surface area contributed by atoms with Gasteiger partial charge in [0, 0.05) is 37.0 Å². The van der Waals surface area contributed by atoms with Crippen molar-refractivity contribution in [3.63, 3.8) is 0 Å². The lowest BCUT2D eigenvalue weighted by molar-refractivity contribution is -0.0443. The Balaban J connectivity index is 1.35. The fraction of sp³-hybridized carbons (Fsp3) is 0.226. The average molecular weight is 583 g/mol. The highest BCUT2D eigenvalue weighted by molar-refractivity contribution is 5.88. The average Bonchev–Trinajstić information content (AvgIpc) is 3.72. The van der Waals surface area contributed by atoms with E-state index in [0.29, 0.717) is 54.0 Å². The molecule has 2 aromatic carbocycles. The number of carboxylic acids is 1. The molecule has 5 aromatic rings. The highest BCUT2D eigenvalue weighted by atomic mass is 16.7. The van der Waals surface area contributed by atoms with Gasteiger partial charge in [-0.15, -0.1) is 5.10 Å². The Morgan fingerprint density at radius 3 is 2.51 bits per heavy atom. The first-order chi connectivity index (χ1) is 20.9. The number of anilines is 3. The molecule has 12 heteroatoms. The standard InChI is InChI=1S/C31H30N6O6/c1-36(18-19-7-10-21(40-2)11-8-19)25-15-27(35-37-26(30(38)39)17-33-29(25)37)34-24-6-4-5-22(28(24)41-3)23-12-9-20(16-32-23)31-42-13-14-43-31/h4-12,15-17,31H,13-14,18H2,1-3H3,(H,34,35)(H,38,39). The molecule has 2 N–H and O–H groups in total. The Morgan fingerprint density at radius 1 is 1.05 bits per heavy atom. The number of hydrogen-bond acceptors (Lipinski definition) is 10. The molecule has 0 amide bonds. The number of nitrogens with one attached hydrogen (secondary N) is 1. The smallest absolute Gasteiger partial charge is 0.356 e. The molecular formula is C31H30N6O6. The minimum absolute atomic E-state index is 0.0574. The summed E-state index contributed by atoms with van der Waals surface area (Å²) in [5.74, 6) is 0.584. The van der Waals surface area contributed by atoms with Gasteiger partial charge in [0.2, 0.25) is 0 Å². The van der Waals surface area contributed by atoms with Crippen LogP contribution >= 0.6 is 0 Å². The van der Waals surface area contributed by atoms with E-state index in [9.17, 15) is 9.90 Å². The normalized spacial score (nSPS) is 13.3. The van der Waals surface area contributed by atoms with Gasteiger partial charge in [-0.05, 0) is 35.9 Å². The number of aromatic carboxylic acids is 1. The van der Waals surface area contributed by atoms with Gasteiger partial charge < -0.3 is 34.3 Å². The summed E-state index contributed by atoms with van der Waals surface area (Å²) in [7, 11) is 5.12. The topological polar surface area (TPSA) is 133 Å². The van der Waals surface area contributed by atoms with Gasteiger partial charge >= 0.3 is 5.97 Å². The summed E-state index contributed by atoms with van der Waals surface area (Å²) in [5, 5.41) is 17.7. The number of hydrogen-bond donors (Lipinski definition) is 2. The Bertz CT molecular complexity index is 1750. The van der Waals surface area contributed by atoms with E-state index >= 15 is 0 Å². The van der Waals surface area contributed by atoms with Crippen LogP contribution in [0.15, 0.2) is 73.1 Å². The second-order valence-corrected chi connectivity index (χ2v) is 9.86. The van der Waals surface area contributed by atoms with Crippen molar-refractivity contribution in [2.75, 3.05) is 44.7 Å². The Labute approximate surface area is 247 Å². The van der Waals surface area contributed by atoms with E-state index in [0.717, 1.165) is 22.4 Å².